The van der Waals surface area contributed by atoms with Crippen molar-refractivity contribution >= 4 is 23.6 Å². The van der Waals surface area contributed by atoms with Crippen LogP contribution in [-0.4, -0.2) is 46.7 Å². The molecule has 6 nitrogen and oxygen atoms in total. The number of aromatic nitrogens is 2. The third-order valence-electron chi connectivity index (χ3n) is 4.28. The van der Waals surface area contributed by atoms with Crippen molar-refractivity contribution in [1.82, 2.24) is 14.9 Å². The summed E-state index contributed by atoms with van der Waals surface area (Å²) >= 11 is 1.47. The van der Waals surface area contributed by atoms with Gasteiger partial charge in [-0.25, -0.2) is 14.4 Å². The van der Waals surface area contributed by atoms with Crippen LogP contribution in [0.5, 0.6) is 0 Å². The average Bonchev–Trinajstić information content (AvgIpc) is 2.66. The number of ether oxygens (including phenoxy) is 1. The maximum absolute atomic E-state index is 12.9. The zero-order valence-electron chi connectivity index (χ0n) is 16.5. The van der Waals surface area contributed by atoms with Gasteiger partial charge in [0.2, 0.25) is 0 Å². The van der Waals surface area contributed by atoms with Gasteiger partial charge < -0.3 is 9.64 Å². The number of thioether (sulfide) groups is 1. The van der Waals surface area contributed by atoms with Crippen molar-refractivity contribution in [1.29, 1.82) is 0 Å². The Morgan fingerprint density at radius 1 is 1.14 bits per heavy atom. The molecular weight excluding hydrogens is 381 g/mol. The summed E-state index contributed by atoms with van der Waals surface area (Å²) in [6.07, 6.45) is 2.53. The molecule has 0 atom stereocenters. The monoisotopic (exact) mass is 405 g/mol. The van der Waals surface area contributed by atoms with Crippen molar-refractivity contribution in [2.45, 2.75) is 38.4 Å². The van der Waals surface area contributed by atoms with Gasteiger partial charge in [0.25, 0.3) is 5.91 Å². The summed E-state index contributed by atoms with van der Waals surface area (Å²) in [7, 11) is 1.61. The second kappa shape index (κ2) is 10.2. The van der Waals surface area contributed by atoms with Crippen molar-refractivity contribution in [3.05, 3.63) is 52.6 Å². The average molecular weight is 405 g/mol. The molecule has 28 heavy (non-hydrogen) atoms. The lowest BCUT2D eigenvalue weighted by Gasteiger charge is -2.17. The number of nitrogens with zero attached hydrogens (tertiary/aromatic N) is 3. The van der Waals surface area contributed by atoms with Gasteiger partial charge >= 0.3 is 5.97 Å². The van der Waals surface area contributed by atoms with E-state index in [9.17, 15) is 14.0 Å². The van der Waals surface area contributed by atoms with Crippen LogP contribution in [0.4, 0.5) is 4.39 Å². The Bertz CT molecular complexity index is 820. The Morgan fingerprint density at radius 3 is 2.32 bits per heavy atom. The molecule has 1 heterocycles. The van der Waals surface area contributed by atoms with E-state index in [2.05, 4.69) is 9.97 Å². The molecule has 8 heteroatoms. The van der Waals surface area contributed by atoms with Crippen LogP contribution in [0.3, 0.4) is 0 Å². The van der Waals surface area contributed by atoms with Gasteiger partial charge in [-0.15, -0.1) is 0 Å². The smallest absolute Gasteiger partial charge is 0.306 e. The number of hydrogen-bond acceptors (Lipinski definition) is 6. The Morgan fingerprint density at radius 2 is 1.75 bits per heavy atom. The molecule has 0 aliphatic carbocycles. The quantitative estimate of drug-likeness (QED) is 0.382. The highest BCUT2D eigenvalue weighted by Gasteiger charge is 2.15. The predicted octanol–water partition coefficient (Wildman–Crippen LogP) is 3.09. The molecule has 1 aromatic carbocycles. The molecule has 2 aromatic rings. The van der Waals surface area contributed by atoms with E-state index in [1.54, 1.807) is 19.2 Å². The highest BCUT2D eigenvalue weighted by atomic mass is 32.2. The van der Waals surface area contributed by atoms with Gasteiger partial charge in [0.1, 0.15) is 5.82 Å². The van der Waals surface area contributed by atoms with Crippen LogP contribution in [0.2, 0.25) is 0 Å². The molecule has 1 amide bonds. The first-order valence-electron chi connectivity index (χ1n) is 8.82. The third-order valence-corrected chi connectivity index (χ3v) is 4.82. The number of halogens is 1. The minimum atomic E-state index is -0.448. The van der Waals surface area contributed by atoms with Gasteiger partial charge in [-0.05, 0) is 49.8 Å². The molecule has 0 aliphatic heterocycles. The number of esters is 1. The van der Waals surface area contributed by atoms with E-state index >= 15 is 0 Å². The molecule has 0 aliphatic rings. The standard InChI is InChI=1S/C20H24FN3O3S/c1-13-17(14(2)23-20(22-13)28-4)9-10-19(26)27-12-18(25)24(3)11-15-5-7-16(21)8-6-15/h5-8H,9-12H2,1-4H3. The number of amides is 1. The van der Waals surface area contributed by atoms with Crippen LogP contribution in [0.15, 0.2) is 29.4 Å². The fourth-order valence-corrected chi connectivity index (χ4v) is 3.12. The van der Waals surface area contributed by atoms with Gasteiger partial charge in [-0.2, -0.15) is 0 Å². The molecule has 0 bridgehead atoms. The molecule has 2 rings (SSSR count). The molecule has 150 valence electrons. The summed E-state index contributed by atoms with van der Waals surface area (Å²) in [4.78, 5) is 34.3. The zero-order chi connectivity index (χ0) is 20.7. The topological polar surface area (TPSA) is 72.4 Å². The minimum absolute atomic E-state index is 0.151. The number of benzene rings is 1. The van der Waals surface area contributed by atoms with Gasteiger partial charge in [0.05, 0.1) is 0 Å². The van der Waals surface area contributed by atoms with Gasteiger partial charge in [-0.3, -0.25) is 9.59 Å². The van der Waals surface area contributed by atoms with Crippen molar-refractivity contribution < 1.29 is 18.7 Å². The van der Waals surface area contributed by atoms with E-state index in [0.717, 1.165) is 22.5 Å². The van der Waals surface area contributed by atoms with Crippen molar-refractivity contribution in [3.63, 3.8) is 0 Å². The lowest BCUT2D eigenvalue weighted by molar-refractivity contribution is -0.151. The van der Waals surface area contributed by atoms with E-state index in [-0.39, 0.29) is 24.8 Å². The van der Waals surface area contributed by atoms with Crippen molar-refractivity contribution in [3.8, 4) is 0 Å². The summed E-state index contributed by atoms with van der Waals surface area (Å²) in [6.45, 7) is 3.77. The number of carbonyl (C=O) groups is 2. The summed E-state index contributed by atoms with van der Waals surface area (Å²) in [6, 6.07) is 5.90. The molecule has 0 radical (unpaired) electrons. The fraction of sp³-hybridized carbons (Fsp3) is 0.400. The van der Waals surface area contributed by atoms with Crippen LogP contribution in [-0.2, 0) is 27.3 Å². The number of rotatable bonds is 8. The third kappa shape index (κ3) is 6.30. The van der Waals surface area contributed by atoms with E-state index in [0.29, 0.717) is 18.1 Å². The van der Waals surface area contributed by atoms with Gasteiger partial charge in [0, 0.05) is 31.4 Å². The predicted molar refractivity (Wildman–Crippen MR) is 105 cm³/mol. The number of likely N-dealkylation sites (N-methyl/N-ethyl adjacent to an activating group) is 1. The van der Waals surface area contributed by atoms with E-state index in [4.69, 9.17) is 4.74 Å². The van der Waals surface area contributed by atoms with Crippen molar-refractivity contribution in [2.24, 2.45) is 0 Å². The molecule has 0 saturated heterocycles. The molecule has 0 unspecified atom stereocenters. The molecule has 0 N–H and O–H groups in total. The Labute approximate surface area is 168 Å². The normalized spacial score (nSPS) is 10.6. The Hall–Kier alpha value is -2.48. The lowest BCUT2D eigenvalue weighted by atomic mass is 10.1. The SMILES string of the molecule is CSc1nc(C)c(CCC(=O)OCC(=O)N(C)Cc2ccc(F)cc2)c(C)n1. The molecule has 1 aromatic heterocycles. The van der Waals surface area contributed by atoms with Crippen LogP contribution in [0.1, 0.15) is 28.9 Å². The number of carbonyl (C=O) groups excluding carboxylic acids is 2. The lowest BCUT2D eigenvalue weighted by Crippen LogP contribution is -2.30. The summed E-state index contributed by atoms with van der Waals surface area (Å²) in [5.74, 6) is -1.10. The Balaban J connectivity index is 1.80. The van der Waals surface area contributed by atoms with Gasteiger partial charge in [0.15, 0.2) is 11.8 Å². The second-order valence-electron chi connectivity index (χ2n) is 6.40. The summed E-state index contributed by atoms with van der Waals surface area (Å²) < 4.78 is 18.0. The first-order chi connectivity index (χ1) is 13.3. The van der Waals surface area contributed by atoms with Crippen LogP contribution in [0, 0.1) is 19.7 Å². The van der Waals surface area contributed by atoms with Crippen molar-refractivity contribution in [2.75, 3.05) is 19.9 Å². The van der Waals surface area contributed by atoms with E-state index < -0.39 is 5.97 Å². The summed E-state index contributed by atoms with van der Waals surface area (Å²) in [5, 5.41) is 0.705. The Kier molecular flexibility index (Phi) is 7.92. The number of hydrogen-bond donors (Lipinski definition) is 0. The van der Waals surface area contributed by atoms with Gasteiger partial charge in [-0.1, -0.05) is 23.9 Å². The summed E-state index contributed by atoms with van der Waals surface area (Å²) in [5.41, 5.74) is 3.41. The first-order valence-corrected chi connectivity index (χ1v) is 10.0. The first kappa shape index (κ1) is 21.8. The highest BCUT2D eigenvalue weighted by Crippen LogP contribution is 2.17. The minimum Gasteiger partial charge on any atom is -0.456 e. The largest absolute Gasteiger partial charge is 0.456 e. The molecular formula is C20H24FN3O3S. The zero-order valence-corrected chi connectivity index (χ0v) is 17.3. The van der Waals surface area contributed by atoms with E-state index in [1.165, 1.54) is 28.8 Å². The fourth-order valence-electron chi connectivity index (χ4n) is 2.67. The molecule has 0 saturated carbocycles. The second-order valence-corrected chi connectivity index (χ2v) is 7.17. The van der Waals surface area contributed by atoms with Crippen LogP contribution in [0.25, 0.3) is 0 Å². The van der Waals surface area contributed by atoms with Crippen LogP contribution >= 0.6 is 11.8 Å². The molecule has 0 fully saturated rings. The van der Waals surface area contributed by atoms with E-state index in [1.807, 2.05) is 20.1 Å². The molecule has 0 spiro atoms. The number of aryl methyl sites for hydroxylation is 2. The highest BCUT2D eigenvalue weighted by molar-refractivity contribution is 7.98. The maximum atomic E-state index is 12.9. The van der Waals surface area contributed by atoms with Crippen LogP contribution < -0.4 is 0 Å². The maximum Gasteiger partial charge on any atom is 0.306 e.